The molecule has 0 aliphatic heterocycles. The van der Waals surface area contributed by atoms with Crippen molar-refractivity contribution in [3.63, 3.8) is 0 Å². The van der Waals surface area contributed by atoms with Gasteiger partial charge in [-0.25, -0.2) is 0 Å². The summed E-state index contributed by atoms with van der Waals surface area (Å²) in [5.41, 5.74) is 1.97. The molecule has 0 aromatic heterocycles. The van der Waals surface area contributed by atoms with Crippen LogP contribution in [-0.2, 0) is 19.2 Å². The number of aldehydes is 2. The largest absolute Gasteiger partial charge is 0.303 e. The maximum absolute atomic E-state index is 11.0. The van der Waals surface area contributed by atoms with Crippen molar-refractivity contribution in [2.24, 2.45) is 45.8 Å². The van der Waals surface area contributed by atoms with Gasteiger partial charge in [0.1, 0.15) is 24.1 Å². The maximum Gasteiger partial charge on any atom is 0.139 e. The van der Waals surface area contributed by atoms with Crippen molar-refractivity contribution in [3.05, 3.63) is 11.6 Å². The fourth-order valence-electron chi connectivity index (χ4n) is 5.87. The summed E-state index contributed by atoms with van der Waals surface area (Å²) in [6, 6.07) is 0. The molecule has 5 aliphatic rings. The standard InChI is InChI=1S/C10H16.C9H14O2.C8H12O2/c1-7-4-5-8-6-9(7)10(8,2)3;1-6(11)8-4-7(5-10)9(8,2)3;1-8(2)6(3-4-9)5-7(8)10/h4,8-9H,5-6H2,1-3H3;5,7-8H,4H2,1-3H3;4,6H,3,5H2,1-2H3/t8-,9-;7-,8+;6-/m101/s1. The molecular formula is C27H42O4. The van der Waals surface area contributed by atoms with Gasteiger partial charge in [-0.2, -0.15) is 0 Å². The predicted molar refractivity (Wildman–Crippen MR) is 123 cm³/mol. The van der Waals surface area contributed by atoms with Crippen molar-refractivity contribution in [2.75, 3.05) is 0 Å². The molecule has 0 amide bonds. The van der Waals surface area contributed by atoms with Gasteiger partial charge < -0.3 is 9.59 Å². The Kier molecular flexibility index (Phi) is 7.55. The second-order valence-electron chi connectivity index (χ2n) is 11.9. The van der Waals surface area contributed by atoms with Crippen molar-refractivity contribution >= 4 is 24.1 Å². The van der Waals surface area contributed by atoms with E-state index in [1.54, 1.807) is 12.5 Å². The molecule has 0 heterocycles. The minimum absolute atomic E-state index is 0.0897. The summed E-state index contributed by atoms with van der Waals surface area (Å²) in [6.45, 7) is 16.5. The smallest absolute Gasteiger partial charge is 0.139 e. The van der Waals surface area contributed by atoms with Gasteiger partial charge in [0, 0.05) is 30.1 Å². The van der Waals surface area contributed by atoms with Gasteiger partial charge in [0.15, 0.2) is 0 Å². The molecule has 0 N–H and O–H groups in total. The maximum atomic E-state index is 11.0. The highest BCUT2D eigenvalue weighted by Gasteiger charge is 2.50. The van der Waals surface area contributed by atoms with Gasteiger partial charge in [0.2, 0.25) is 0 Å². The van der Waals surface area contributed by atoms with E-state index in [-0.39, 0.29) is 28.4 Å². The Morgan fingerprint density at radius 1 is 1.06 bits per heavy atom. The Bertz CT molecular complexity index is 753. The number of allylic oxidation sites excluding steroid dienone is 2. The van der Waals surface area contributed by atoms with Gasteiger partial charge >= 0.3 is 0 Å². The molecule has 0 radical (unpaired) electrons. The third kappa shape index (κ3) is 4.78. The van der Waals surface area contributed by atoms with E-state index in [9.17, 15) is 19.2 Å². The van der Waals surface area contributed by atoms with Crippen LogP contribution in [-0.4, -0.2) is 24.1 Å². The predicted octanol–water partition coefficient (Wildman–Crippen LogP) is 5.63. The number of rotatable bonds is 4. The lowest BCUT2D eigenvalue weighted by atomic mass is 9.49. The molecular weight excluding hydrogens is 388 g/mol. The normalized spacial score (nSPS) is 35.2. The molecule has 31 heavy (non-hydrogen) atoms. The molecule has 0 spiro atoms. The topological polar surface area (TPSA) is 68.3 Å². The summed E-state index contributed by atoms with van der Waals surface area (Å²) < 4.78 is 0. The summed E-state index contributed by atoms with van der Waals surface area (Å²) >= 11 is 0. The molecule has 0 saturated heterocycles. The third-order valence-corrected chi connectivity index (χ3v) is 9.29. The molecule has 5 rings (SSSR count). The Morgan fingerprint density at radius 2 is 1.68 bits per heavy atom. The van der Waals surface area contributed by atoms with E-state index < -0.39 is 0 Å². The van der Waals surface area contributed by atoms with E-state index in [1.165, 1.54) is 12.8 Å². The Balaban J connectivity index is 0.000000165. The molecule has 174 valence electrons. The van der Waals surface area contributed by atoms with Crippen molar-refractivity contribution in [3.8, 4) is 0 Å². The molecule has 3 saturated carbocycles. The molecule has 0 aromatic carbocycles. The van der Waals surface area contributed by atoms with Crippen LogP contribution in [0.2, 0.25) is 0 Å². The summed E-state index contributed by atoms with van der Waals surface area (Å²) in [7, 11) is 0. The second-order valence-corrected chi connectivity index (χ2v) is 11.9. The van der Waals surface area contributed by atoms with Gasteiger partial charge in [0.25, 0.3) is 0 Å². The molecule has 0 unspecified atom stereocenters. The van der Waals surface area contributed by atoms with Crippen molar-refractivity contribution < 1.29 is 19.2 Å². The van der Waals surface area contributed by atoms with Crippen LogP contribution in [0.5, 0.6) is 0 Å². The number of carbonyl (C=O) groups is 4. The van der Waals surface area contributed by atoms with Gasteiger partial charge in [0.05, 0.1) is 0 Å². The highest BCUT2D eigenvalue weighted by molar-refractivity contribution is 5.91. The van der Waals surface area contributed by atoms with Crippen LogP contribution < -0.4 is 0 Å². The highest BCUT2D eigenvalue weighted by atomic mass is 16.1. The van der Waals surface area contributed by atoms with Crippen molar-refractivity contribution in [2.45, 2.75) is 87.5 Å². The Labute approximate surface area is 188 Å². The van der Waals surface area contributed by atoms with Gasteiger partial charge in [-0.1, -0.05) is 53.2 Å². The molecule has 5 aliphatic carbocycles. The van der Waals surface area contributed by atoms with Crippen LogP contribution in [0.15, 0.2) is 11.6 Å². The zero-order valence-corrected chi connectivity index (χ0v) is 20.8. The molecule has 0 aromatic rings. The number of hydrogen-bond acceptors (Lipinski definition) is 4. The van der Waals surface area contributed by atoms with Gasteiger partial charge in [-0.05, 0) is 61.7 Å². The summed E-state index contributed by atoms with van der Waals surface area (Å²) in [4.78, 5) is 42.5. The lowest BCUT2D eigenvalue weighted by molar-refractivity contribution is -0.143. The summed E-state index contributed by atoms with van der Waals surface area (Å²) in [5.74, 6) is 2.94. The van der Waals surface area contributed by atoms with Crippen molar-refractivity contribution in [1.29, 1.82) is 0 Å². The molecule has 2 bridgehead atoms. The first kappa shape index (κ1) is 25.7. The summed E-state index contributed by atoms with van der Waals surface area (Å²) in [5, 5.41) is 0. The first-order valence-electron chi connectivity index (χ1n) is 11.8. The number of carbonyl (C=O) groups excluding carboxylic acids is 4. The zero-order valence-electron chi connectivity index (χ0n) is 20.8. The van der Waals surface area contributed by atoms with E-state index >= 15 is 0 Å². The molecule has 5 atom stereocenters. The number of fused-ring (bicyclic) bond motifs is 1. The average molecular weight is 431 g/mol. The van der Waals surface area contributed by atoms with Crippen LogP contribution >= 0.6 is 0 Å². The van der Waals surface area contributed by atoms with E-state index in [0.717, 1.165) is 30.8 Å². The van der Waals surface area contributed by atoms with Crippen LogP contribution in [0.3, 0.4) is 0 Å². The fourth-order valence-corrected chi connectivity index (χ4v) is 5.87. The van der Waals surface area contributed by atoms with Crippen LogP contribution in [0.25, 0.3) is 0 Å². The summed E-state index contributed by atoms with van der Waals surface area (Å²) in [6.07, 6.45) is 9.02. The van der Waals surface area contributed by atoms with E-state index in [2.05, 4.69) is 26.8 Å². The lowest BCUT2D eigenvalue weighted by Crippen LogP contribution is -2.48. The first-order chi connectivity index (χ1) is 14.2. The molecule has 4 heteroatoms. The first-order valence-corrected chi connectivity index (χ1v) is 11.8. The van der Waals surface area contributed by atoms with E-state index in [1.807, 2.05) is 27.7 Å². The third-order valence-electron chi connectivity index (χ3n) is 9.29. The van der Waals surface area contributed by atoms with Crippen molar-refractivity contribution in [1.82, 2.24) is 0 Å². The Hall–Kier alpha value is -1.58. The second kappa shape index (κ2) is 9.11. The zero-order chi connectivity index (χ0) is 23.8. The van der Waals surface area contributed by atoms with E-state index in [0.29, 0.717) is 30.0 Å². The highest BCUT2D eigenvalue weighted by Crippen LogP contribution is 2.58. The molecule has 3 fully saturated rings. The number of Topliss-reactive ketones (excluding diaryl/α,β-unsaturated/α-hetero) is 2. The number of ketones is 2. The Morgan fingerprint density at radius 3 is 1.97 bits per heavy atom. The van der Waals surface area contributed by atoms with Crippen LogP contribution in [0.4, 0.5) is 0 Å². The fraction of sp³-hybridized carbons (Fsp3) is 0.778. The quantitative estimate of drug-likeness (QED) is 0.428. The monoisotopic (exact) mass is 430 g/mol. The number of hydrogen-bond donors (Lipinski definition) is 0. The minimum Gasteiger partial charge on any atom is -0.303 e. The molecule has 4 nitrogen and oxygen atoms in total. The van der Waals surface area contributed by atoms with Gasteiger partial charge in [-0.15, -0.1) is 0 Å². The SMILES string of the molecule is CC(=O)[C@H]1C[C@@H](C=O)C1(C)C.CC1(C)C(=O)C[C@H]1CC=O.CC1=CC[C@@H]2C[C@H]1C2(C)C. The van der Waals surface area contributed by atoms with Gasteiger partial charge in [-0.3, -0.25) is 9.59 Å². The van der Waals surface area contributed by atoms with Crippen LogP contribution in [0.1, 0.15) is 87.5 Å². The van der Waals surface area contributed by atoms with E-state index in [4.69, 9.17) is 0 Å². The van der Waals surface area contributed by atoms with Crippen LogP contribution in [0, 0.1) is 45.8 Å². The minimum atomic E-state index is -0.221. The lowest BCUT2D eigenvalue weighted by Gasteiger charge is -2.56. The average Bonchev–Trinajstić information content (AvgIpc) is 2.68.